The molecule has 0 spiro atoms. The van der Waals surface area contributed by atoms with Crippen molar-refractivity contribution in [1.82, 2.24) is 9.13 Å². The third-order valence-electron chi connectivity index (χ3n) is 5.38. The van der Waals surface area contributed by atoms with Crippen LogP contribution in [0.4, 0.5) is 11.4 Å². The summed E-state index contributed by atoms with van der Waals surface area (Å²) in [4.78, 5) is 41.7. The monoisotopic (exact) mass is 445 g/mol. The molecular formula is C24H19N3O4S. The molecule has 1 aliphatic heterocycles. The number of aryl methyl sites for hydroxylation is 1. The molecule has 0 saturated carbocycles. The second-order valence-corrected chi connectivity index (χ2v) is 8.43. The van der Waals surface area contributed by atoms with Crippen LogP contribution in [-0.2, 0) is 27.9 Å². The lowest BCUT2D eigenvalue weighted by Gasteiger charge is -2.30. The quantitative estimate of drug-likeness (QED) is 0.448. The Morgan fingerprint density at radius 2 is 1.41 bits per heavy atom. The molecule has 2 heterocycles. The van der Waals surface area contributed by atoms with Crippen LogP contribution in [0.1, 0.15) is 0 Å². The fourth-order valence-electron chi connectivity index (χ4n) is 3.87. The van der Waals surface area contributed by atoms with Crippen LogP contribution < -0.4 is 10.6 Å². The number of rotatable bonds is 4. The van der Waals surface area contributed by atoms with Gasteiger partial charge < -0.3 is 4.74 Å². The maximum Gasteiger partial charge on any atom is 0.329 e. The molecule has 7 nitrogen and oxygen atoms in total. The minimum absolute atomic E-state index is 0.267. The zero-order valence-electron chi connectivity index (χ0n) is 17.2. The first-order chi connectivity index (χ1) is 15.5. The van der Waals surface area contributed by atoms with Crippen molar-refractivity contribution in [1.29, 1.82) is 0 Å². The van der Waals surface area contributed by atoms with Gasteiger partial charge in [0.05, 0.1) is 22.4 Å². The van der Waals surface area contributed by atoms with Gasteiger partial charge >= 0.3 is 11.7 Å². The molecule has 0 N–H and O–H groups in total. The van der Waals surface area contributed by atoms with Crippen molar-refractivity contribution in [3.63, 3.8) is 0 Å². The van der Waals surface area contributed by atoms with Crippen molar-refractivity contribution in [3.05, 3.63) is 83.3 Å². The summed E-state index contributed by atoms with van der Waals surface area (Å²) in [7, 11) is 1.65. The highest BCUT2D eigenvalue weighted by molar-refractivity contribution is 7.99. The van der Waals surface area contributed by atoms with E-state index in [2.05, 4.69) is 0 Å². The topological polar surface area (TPSA) is 73.5 Å². The van der Waals surface area contributed by atoms with Crippen LogP contribution in [-0.4, -0.2) is 27.6 Å². The molecule has 1 aliphatic rings. The van der Waals surface area contributed by atoms with Crippen LogP contribution in [0.25, 0.3) is 11.0 Å². The number of carbonyl (C=O) groups excluding carboxylic acids is 2. The number of hydrogen-bond acceptors (Lipinski definition) is 5. The average molecular weight is 446 g/mol. The number of aromatic nitrogens is 2. The summed E-state index contributed by atoms with van der Waals surface area (Å²) in [6.45, 7) is -0.692. The second kappa shape index (κ2) is 8.05. The Morgan fingerprint density at radius 3 is 2.06 bits per heavy atom. The maximum atomic E-state index is 13.1. The van der Waals surface area contributed by atoms with Gasteiger partial charge in [0.25, 0.3) is 5.91 Å². The van der Waals surface area contributed by atoms with Gasteiger partial charge in [0.15, 0.2) is 6.61 Å². The molecule has 0 radical (unpaired) electrons. The van der Waals surface area contributed by atoms with E-state index in [9.17, 15) is 14.4 Å². The predicted octanol–water partition coefficient (Wildman–Crippen LogP) is 3.71. The van der Waals surface area contributed by atoms with E-state index in [1.54, 1.807) is 35.8 Å². The minimum atomic E-state index is -0.648. The molecule has 8 heteroatoms. The second-order valence-electron chi connectivity index (χ2n) is 7.34. The Morgan fingerprint density at radius 1 is 0.844 bits per heavy atom. The summed E-state index contributed by atoms with van der Waals surface area (Å²) < 4.78 is 8.13. The van der Waals surface area contributed by atoms with Gasteiger partial charge in [-0.3, -0.25) is 23.6 Å². The van der Waals surface area contributed by atoms with Gasteiger partial charge in [-0.25, -0.2) is 4.79 Å². The zero-order valence-corrected chi connectivity index (χ0v) is 18.0. The summed E-state index contributed by atoms with van der Waals surface area (Å²) >= 11 is 1.59. The Labute approximate surface area is 187 Å². The van der Waals surface area contributed by atoms with Crippen molar-refractivity contribution in [2.75, 3.05) is 11.5 Å². The van der Waals surface area contributed by atoms with E-state index in [0.717, 1.165) is 26.7 Å². The molecule has 0 aliphatic carbocycles. The molecule has 5 rings (SSSR count). The number of para-hydroxylation sites is 4. The van der Waals surface area contributed by atoms with Crippen molar-refractivity contribution in [3.8, 4) is 0 Å². The van der Waals surface area contributed by atoms with E-state index < -0.39 is 12.6 Å². The summed E-state index contributed by atoms with van der Waals surface area (Å²) in [6.07, 6.45) is 0. The first-order valence-corrected chi connectivity index (χ1v) is 10.8. The average Bonchev–Trinajstić information content (AvgIpc) is 3.06. The Kier molecular flexibility index (Phi) is 5.07. The molecule has 1 amide bonds. The van der Waals surface area contributed by atoms with Crippen molar-refractivity contribution in [2.24, 2.45) is 7.05 Å². The molecule has 0 bridgehead atoms. The number of hydrogen-bond donors (Lipinski definition) is 0. The SMILES string of the molecule is Cn1c(=O)n(CC(=O)OCC(=O)N2c3ccccc3Sc3ccccc32)c2ccccc21. The van der Waals surface area contributed by atoms with Gasteiger partial charge in [0, 0.05) is 16.8 Å². The van der Waals surface area contributed by atoms with Gasteiger partial charge in [-0.05, 0) is 36.4 Å². The van der Waals surface area contributed by atoms with E-state index in [1.807, 2.05) is 60.7 Å². The first kappa shape index (κ1) is 20.1. The highest BCUT2D eigenvalue weighted by atomic mass is 32.2. The molecule has 0 unspecified atom stereocenters. The van der Waals surface area contributed by atoms with Crippen LogP contribution >= 0.6 is 11.8 Å². The summed E-state index contributed by atoms with van der Waals surface area (Å²) in [5.74, 6) is -1.01. The number of ether oxygens (including phenoxy) is 1. The normalized spacial score (nSPS) is 12.3. The minimum Gasteiger partial charge on any atom is -0.454 e. The number of imidazole rings is 1. The van der Waals surface area contributed by atoms with E-state index in [0.29, 0.717) is 5.52 Å². The van der Waals surface area contributed by atoms with Gasteiger partial charge in [-0.1, -0.05) is 48.2 Å². The van der Waals surface area contributed by atoms with E-state index in [4.69, 9.17) is 4.74 Å². The Bertz CT molecular complexity index is 1380. The van der Waals surface area contributed by atoms with E-state index >= 15 is 0 Å². The zero-order chi connectivity index (χ0) is 22.2. The van der Waals surface area contributed by atoms with Crippen LogP contribution in [0.5, 0.6) is 0 Å². The number of carbonyl (C=O) groups is 2. The largest absolute Gasteiger partial charge is 0.454 e. The fraction of sp³-hybridized carbons (Fsp3) is 0.125. The molecule has 0 saturated heterocycles. The lowest BCUT2D eigenvalue weighted by atomic mass is 10.2. The molecule has 32 heavy (non-hydrogen) atoms. The van der Waals surface area contributed by atoms with Crippen LogP contribution in [0.15, 0.2) is 87.4 Å². The molecule has 0 atom stereocenters. The fourth-order valence-corrected chi connectivity index (χ4v) is 4.93. The third-order valence-corrected chi connectivity index (χ3v) is 6.51. The smallest absolute Gasteiger partial charge is 0.329 e. The third kappa shape index (κ3) is 3.38. The lowest BCUT2D eigenvalue weighted by molar-refractivity contribution is -0.148. The number of nitrogens with zero attached hydrogens (tertiary/aromatic N) is 3. The van der Waals surface area contributed by atoms with E-state index in [-0.39, 0.29) is 18.1 Å². The first-order valence-electron chi connectivity index (χ1n) is 10.0. The molecule has 1 aromatic heterocycles. The van der Waals surface area contributed by atoms with Crippen molar-refractivity contribution in [2.45, 2.75) is 16.3 Å². The van der Waals surface area contributed by atoms with Gasteiger partial charge in [-0.15, -0.1) is 0 Å². The highest BCUT2D eigenvalue weighted by Gasteiger charge is 2.28. The van der Waals surface area contributed by atoms with Crippen LogP contribution in [0, 0.1) is 0 Å². The van der Waals surface area contributed by atoms with Gasteiger partial charge in [0.2, 0.25) is 0 Å². The standard InChI is InChI=1S/C24H19N3O4S/c1-25-16-8-2-3-9-17(16)26(24(25)30)14-23(29)31-15-22(28)27-18-10-4-6-12-20(18)32-21-13-7-5-11-19(21)27/h2-13H,14-15H2,1H3. The van der Waals surface area contributed by atoms with E-state index in [1.165, 1.54) is 9.13 Å². The summed E-state index contributed by atoms with van der Waals surface area (Å²) in [5, 5.41) is 0. The number of amides is 1. The maximum absolute atomic E-state index is 13.1. The summed E-state index contributed by atoms with van der Waals surface area (Å²) in [6, 6.07) is 22.4. The Hall–Kier alpha value is -3.78. The van der Waals surface area contributed by atoms with Gasteiger partial charge in [-0.2, -0.15) is 0 Å². The molecule has 0 fully saturated rings. The molecular weight excluding hydrogens is 426 g/mol. The molecule has 4 aromatic rings. The molecule has 3 aromatic carbocycles. The lowest BCUT2D eigenvalue weighted by Crippen LogP contribution is -2.33. The molecule has 160 valence electrons. The van der Waals surface area contributed by atoms with Crippen LogP contribution in [0.2, 0.25) is 0 Å². The Balaban J connectivity index is 1.36. The number of benzene rings is 3. The summed E-state index contributed by atoms with van der Waals surface area (Å²) in [5.41, 5.74) is 2.55. The van der Waals surface area contributed by atoms with Gasteiger partial charge in [0.1, 0.15) is 6.54 Å². The van der Waals surface area contributed by atoms with Crippen molar-refractivity contribution >= 4 is 46.0 Å². The predicted molar refractivity (Wildman–Crippen MR) is 122 cm³/mol. The van der Waals surface area contributed by atoms with Crippen LogP contribution in [0.3, 0.4) is 0 Å². The number of anilines is 2. The van der Waals surface area contributed by atoms with Crippen molar-refractivity contribution < 1.29 is 14.3 Å². The number of esters is 1. The highest BCUT2D eigenvalue weighted by Crippen LogP contribution is 2.47. The number of fused-ring (bicyclic) bond motifs is 3.